The lowest BCUT2D eigenvalue weighted by Gasteiger charge is -2.61. The van der Waals surface area contributed by atoms with Crippen molar-refractivity contribution in [3.8, 4) is 0 Å². The first-order valence-electron chi connectivity index (χ1n) is 12.8. The van der Waals surface area contributed by atoms with E-state index >= 15 is 0 Å². The average molecular weight is 459 g/mol. The van der Waals surface area contributed by atoms with E-state index in [1.807, 2.05) is 13.8 Å². The summed E-state index contributed by atoms with van der Waals surface area (Å²) in [6.45, 7) is 12.9. The normalized spacial score (nSPS) is 43.0. The van der Waals surface area contributed by atoms with Crippen molar-refractivity contribution in [2.24, 2.45) is 39.4 Å². The molecule has 0 aromatic heterocycles. The van der Waals surface area contributed by atoms with E-state index in [-0.39, 0.29) is 39.7 Å². The largest absolute Gasteiger partial charge is 0.469 e. The van der Waals surface area contributed by atoms with Crippen molar-refractivity contribution in [1.82, 2.24) is 0 Å². The Labute approximate surface area is 198 Å². The molecule has 0 aromatic carbocycles. The summed E-state index contributed by atoms with van der Waals surface area (Å²) in [7, 11) is 1.42. The fraction of sp³-hybridized carbons (Fsp3) is 0.821. The van der Waals surface area contributed by atoms with Crippen LogP contribution >= 0.6 is 0 Å². The first-order valence-corrected chi connectivity index (χ1v) is 12.8. The fourth-order valence-corrected chi connectivity index (χ4v) is 8.85. The predicted octanol–water partition coefficient (Wildman–Crippen LogP) is 5.04. The molecule has 5 heteroatoms. The number of methoxy groups -OCH3 is 1. The van der Waals surface area contributed by atoms with Crippen LogP contribution in [0.2, 0.25) is 0 Å². The Balaban J connectivity index is 1.76. The fourth-order valence-electron chi connectivity index (χ4n) is 8.85. The smallest absolute Gasteiger partial charge is 0.305 e. The Morgan fingerprint density at radius 2 is 1.82 bits per heavy atom. The minimum absolute atomic E-state index is 0.0203. The van der Waals surface area contributed by atoms with Gasteiger partial charge in [-0.05, 0) is 66.3 Å². The van der Waals surface area contributed by atoms with Gasteiger partial charge in [-0.1, -0.05) is 41.5 Å². The molecule has 0 radical (unpaired) electrons. The van der Waals surface area contributed by atoms with Crippen molar-refractivity contribution in [3.05, 3.63) is 11.1 Å². The molecule has 0 spiro atoms. The Morgan fingerprint density at radius 3 is 2.45 bits per heavy atom. The SMILES string of the molecule is COC(=O)CCC(C)C1CCC2(C)C3=C(C(=O)CC12C)C1(C)CCC(=O)C(C)(C)C1CC3O. The number of carbonyl (C=O) groups excluding carboxylic acids is 3. The standard InChI is InChI=1S/C28H42O5/c1-16(8-9-22(32)33-7)17-10-13-27(5)24-18(29)14-20-25(2,3)21(31)11-12-26(20,4)23(24)19(30)15-28(17,27)6/h16-18,20,29H,8-15H2,1-7H3. The Hall–Kier alpha value is -1.49. The number of aliphatic hydroxyl groups excluding tert-OH is 1. The number of hydrogen-bond donors (Lipinski definition) is 1. The summed E-state index contributed by atoms with van der Waals surface area (Å²) in [6.07, 6.45) is 4.65. The van der Waals surface area contributed by atoms with Gasteiger partial charge in [0.2, 0.25) is 0 Å². The van der Waals surface area contributed by atoms with Crippen LogP contribution in [0.3, 0.4) is 0 Å². The zero-order chi connectivity index (χ0) is 24.6. The lowest BCUT2D eigenvalue weighted by Crippen LogP contribution is -2.59. The van der Waals surface area contributed by atoms with E-state index in [0.29, 0.717) is 43.9 Å². The number of Topliss-reactive ketones (excluding diaryl/α,β-unsaturated/α-hetero) is 2. The van der Waals surface area contributed by atoms with E-state index < -0.39 is 11.5 Å². The molecule has 33 heavy (non-hydrogen) atoms. The highest BCUT2D eigenvalue weighted by Gasteiger charge is 2.67. The number of fused-ring (bicyclic) bond motifs is 4. The van der Waals surface area contributed by atoms with Gasteiger partial charge in [0.25, 0.3) is 0 Å². The summed E-state index contributed by atoms with van der Waals surface area (Å²) >= 11 is 0. The maximum absolute atomic E-state index is 14.0. The molecule has 2 saturated carbocycles. The van der Waals surface area contributed by atoms with Crippen LogP contribution in [0.1, 0.15) is 92.9 Å². The van der Waals surface area contributed by atoms with Gasteiger partial charge in [-0.2, -0.15) is 0 Å². The molecule has 4 rings (SSSR count). The van der Waals surface area contributed by atoms with Crippen LogP contribution in [0.5, 0.6) is 0 Å². The third kappa shape index (κ3) is 3.24. The van der Waals surface area contributed by atoms with Crippen LogP contribution in [0.25, 0.3) is 0 Å². The predicted molar refractivity (Wildman–Crippen MR) is 126 cm³/mol. The van der Waals surface area contributed by atoms with E-state index in [4.69, 9.17) is 4.74 Å². The van der Waals surface area contributed by atoms with Gasteiger partial charge in [0.05, 0.1) is 13.2 Å². The van der Waals surface area contributed by atoms with Gasteiger partial charge >= 0.3 is 5.97 Å². The molecule has 0 aromatic rings. The lowest BCUT2D eigenvalue weighted by atomic mass is 9.42. The molecule has 0 heterocycles. The highest BCUT2D eigenvalue weighted by atomic mass is 16.5. The molecule has 0 aliphatic heterocycles. The van der Waals surface area contributed by atoms with Crippen LogP contribution < -0.4 is 0 Å². The monoisotopic (exact) mass is 458 g/mol. The average Bonchev–Trinajstić information content (AvgIpc) is 3.01. The van der Waals surface area contributed by atoms with Crippen molar-refractivity contribution < 1.29 is 24.2 Å². The number of carbonyl (C=O) groups is 3. The van der Waals surface area contributed by atoms with Crippen LogP contribution in [0.4, 0.5) is 0 Å². The highest BCUT2D eigenvalue weighted by molar-refractivity contribution is 6.01. The molecule has 0 bridgehead atoms. The second kappa shape index (κ2) is 7.76. The molecule has 7 unspecified atom stereocenters. The number of hydrogen-bond acceptors (Lipinski definition) is 5. The van der Waals surface area contributed by atoms with Gasteiger partial charge in [-0.15, -0.1) is 0 Å². The van der Waals surface area contributed by atoms with Crippen molar-refractivity contribution in [3.63, 3.8) is 0 Å². The second-order valence-electron chi connectivity index (χ2n) is 12.7. The second-order valence-corrected chi connectivity index (χ2v) is 12.7. The van der Waals surface area contributed by atoms with E-state index in [1.54, 1.807) is 0 Å². The molecule has 184 valence electrons. The molecule has 1 N–H and O–H groups in total. The van der Waals surface area contributed by atoms with E-state index in [1.165, 1.54) is 7.11 Å². The molecule has 4 aliphatic carbocycles. The first-order chi connectivity index (χ1) is 15.2. The van der Waals surface area contributed by atoms with Crippen molar-refractivity contribution in [1.29, 1.82) is 0 Å². The van der Waals surface area contributed by atoms with Gasteiger partial charge in [-0.3, -0.25) is 14.4 Å². The minimum Gasteiger partial charge on any atom is -0.469 e. The topological polar surface area (TPSA) is 80.7 Å². The maximum Gasteiger partial charge on any atom is 0.305 e. The van der Waals surface area contributed by atoms with Gasteiger partial charge in [0.1, 0.15) is 5.78 Å². The first kappa shape index (κ1) is 24.6. The molecule has 5 nitrogen and oxygen atoms in total. The summed E-state index contributed by atoms with van der Waals surface area (Å²) in [5.41, 5.74) is 0.446. The van der Waals surface area contributed by atoms with Crippen LogP contribution in [0, 0.1) is 39.4 Å². The van der Waals surface area contributed by atoms with Gasteiger partial charge in [0.15, 0.2) is 5.78 Å². The summed E-state index contributed by atoms with van der Waals surface area (Å²) in [4.78, 5) is 38.5. The summed E-state index contributed by atoms with van der Waals surface area (Å²) in [5, 5.41) is 11.6. The van der Waals surface area contributed by atoms with Gasteiger partial charge in [0, 0.05) is 35.7 Å². The van der Waals surface area contributed by atoms with Crippen LogP contribution in [-0.4, -0.2) is 35.9 Å². The molecule has 7 atom stereocenters. The molecule has 4 aliphatic rings. The van der Waals surface area contributed by atoms with Crippen molar-refractivity contribution in [2.45, 2.75) is 99.0 Å². The third-order valence-electron chi connectivity index (χ3n) is 11.0. The van der Waals surface area contributed by atoms with Crippen LogP contribution in [0.15, 0.2) is 11.1 Å². The molecule has 0 saturated heterocycles. The number of esters is 1. The highest BCUT2D eigenvalue weighted by Crippen LogP contribution is 2.71. The Morgan fingerprint density at radius 1 is 1.15 bits per heavy atom. The molecule has 2 fully saturated rings. The summed E-state index contributed by atoms with van der Waals surface area (Å²) in [5.74, 6) is 0.824. The van der Waals surface area contributed by atoms with Gasteiger partial charge in [-0.25, -0.2) is 0 Å². The minimum atomic E-state index is -0.680. The molecule has 0 amide bonds. The quantitative estimate of drug-likeness (QED) is 0.597. The van der Waals surface area contributed by atoms with E-state index in [9.17, 15) is 19.5 Å². The number of rotatable bonds is 4. The zero-order valence-corrected chi connectivity index (χ0v) is 21.5. The van der Waals surface area contributed by atoms with E-state index in [2.05, 4.69) is 27.7 Å². The Kier molecular flexibility index (Phi) is 5.79. The van der Waals surface area contributed by atoms with Crippen molar-refractivity contribution >= 4 is 17.5 Å². The van der Waals surface area contributed by atoms with Crippen LogP contribution in [-0.2, 0) is 19.1 Å². The maximum atomic E-state index is 14.0. The molecular formula is C28H42O5. The number of allylic oxidation sites excluding steroid dienone is 1. The van der Waals surface area contributed by atoms with Crippen molar-refractivity contribution in [2.75, 3.05) is 7.11 Å². The Bertz CT molecular complexity index is 915. The number of aliphatic hydroxyl groups is 1. The van der Waals surface area contributed by atoms with E-state index in [0.717, 1.165) is 30.4 Å². The zero-order valence-electron chi connectivity index (χ0n) is 21.5. The lowest BCUT2D eigenvalue weighted by molar-refractivity contribution is -0.145. The summed E-state index contributed by atoms with van der Waals surface area (Å²) < 4.78 is 4.84. The summed E-state index contributed by atoms with van der Waals surface area (Å²) in [6, 6.07) is 0. The molecular weight excluding hydrogens is 416 g/mol. The number of ketones is 2. The van der Waals surface area contributed by atoms with Gasteiger partial charge < -0.3 is 9.84 Å². The third-order valence-corrected chi connectivity index (χ3v) is 11.0. The number of ether oxygens (including phenoxy) is 1.